The first-order valence-corrected chi connectivity index (χ1v) is 10.3. The number of methoxy groups -OCH3 is 1. The van der Waals surface area contributed by atoms with Gasteiger partial charge < -0.3 is 25.0 Å². The Morgan fingerprint density at radius 2 is 1.90 bits per heavy atom. The third-order valence-corrected chi connectivity index (χ3v) is 5.17. The first-order valence-electron chi connectivity index (χ1n) is 10.3. The highest BCUT2D eigenvalue weighted by Crippen LogP contribution is 2.20. The van der Waals surface area contributed by atoms with Gasteiger partial charge in [0.2, 0.25) is 0 Å². The predicted octanol–water partition coefficient (Wildman–Crippen LogP) is 2.82. The van der Waals surface area contributed by atoms with Crippen molar-refractivity contribution in [3.05, 3.63) is 59.7 Å². The largest absolute Gasteiger partial charge is 0.497 e. The van der Waals surface area contributed by atoms with Gasteiger partial charge in [-0.1, -0.05) is 24.3 Å². The molecule has 6 heteroatoms. The lowest BCUT2D eigenvalue weighted by Crippen LogP contribution is -2.52. The van der Waals surface area contributed by atoms with Crippen LogP contribution in [-0.2, 0) is 0 Å². The quantitative estimate of drug-likeness (QED) is 0.581. The summed E-state index contributed by atoms with van der Waals surface area (Å²) in [5.41, 5.74) is 3.37. The van der Waals surface area contributed by atoms with E-state index in [2.05, 4.69) is 53.2 Å². The van der Waals surface area contributed by atoms with Crippen LogP contribution in [0.25, 0.3) is 0 Å². The maximum atomic E-state index is 10.6. The maximum Gasteiger partial charge on any atom is 0.194 e. The van der Waals surface area contributed by atoms with E-state index in [9.17, 15) is 5.11 Å². The Morgan fingerprint density at radius 1 is 1.14 bits per heavy atom. The van der Waals surface area contributed by atoms with Crippen LogP contribution in [-0.4, -0.2) is 62.3 Å². The number of anilines is 1. The summed E-state index contributed by atoms with van der Waals surface area (Å²) in [6, 6.07) is 16.2. The van der Waals surface area contributed by atoms with Crippen molar-refractivity contribution >= 4 is 11.6 Å². The molecule has 2 N–H and O–H groups in total. The third kappa shape index (κ3) is 5.64. The standard InChI is InChI=1S/C23H32N4O2/c1-4-24-23(25-17-22(28)19-8-6-10-21(16-19)29-3)27-13-11-26(12-14-27)20-9-5-7-18(2)15-20/h5-10,15-16,22,28H,4,11-14,17H2,1-3H3,(H,24,25). The van der Waals surface area contributed by atoms with Gasteiger partial charge in [0.15, 0.2) is 5.96 Å². The van der Waals surface area contributed by atoms with Gasteiger partial charge in [-0.2, -0.15) is 0 Å². The highest BCUT2D eigenvalue weighted by Gasteiger charge is 2.20. The van der Waals surface area contributed by atoms with Gasteiger partial charge in [-0.05, 0) is 49.2 Å². The van der Waals surface area contributed by atoms with Gasteiger partial charge in [-0.25, -0.2) is 0 Å². The summed E-state index contributed by atoms with van der Waals surface area (Å²) in [6.07, 6.45) is -0.660. The fourth-order valence-electron chi connectivity index (χ4n) is 3.55. The van der Waals surface area contributed by atoms with Gasteiger partial charge in [-0.15, -0.1) is 0 Å². The first kappa shape index (κ1) is 21.0. The van der Waals surface area contributed by atoms with Crippen LogP contribution >= 0.6 is 0 Å². The number of hydrogen-bond acceptors (Lipinski definition) is 4. The molecule has 1 aliphatic rings. The van der Waals surface area contributed by atoms with E-state index in [1.54, 1.807) is 7.11 Å². The van der Waals surface area contributed by atoms with Gasteiger partial charge in [0.05, 0.1) is 19.8 Å². The molecule has 0 aromatic heterocycles. The number of benzene rings is 2. The van der Waals surface area contributed by atoms with Crippen LogP contribution in [0.2, 0.25) is 0 Å². The van der Waals surface area contributed by atoms with Crippen LogP contribution in [0.1, 0.15) is 24.2 Å². The van der Waals surface area contributed by atoms with E-state index in [1.807, 2.05) is 24.3 Å². The highest BCUT2D eigenvalue weighted by atomic mass is 16.5. The number of ether oxygens (including phenoxy) is 1. The van der Waals surface area contributed by atoms with E-state index >= 15 is 0 Å². The molecule has 0 bridgehead atoms. The van der Waals surface area contributed by atoms with E-state index in [-0.39, 0.29) is 0 Å². The van der Waals surface area contributed by atoms with Gasteiger partial charge in [0, 0.05) is 38.4 Å². The topological polar surface area (TPSA) is 60.3 Å². The monoisotopic (exact) mass is 396 g/mol. The Kier molecular flexibility index (Phi) is 7.36. The number of guanidine groups is 1. The molecule has 1 fully saturated rings. The molecule has 2 aromatic rings. The average molecular weight is 397 g/mol. The van der Waals surface area contributed by atoms with E-state index < -0.39 is 6.10 Å². The smallest absolute Gasteiger partial charge is 0.194 e. The molecule has 0 amide bonds. The minimum atomic E-state index is -0.660. The Bertz CT molecular complexity index is 816. The molecule has 3 rings (SSSR count). The second kappa shape index (κ2) is 10.2. The number of nitrogens with zero attached hydrogens (tertiary/aromatic N) is 3. The molecule has 1 heterocycles. The number of hydrogen-bond donors (Lipinski definition) is 2. The lowest BCUT2D eigenvalue weighted by Gasteiger charge is -2.38. The second-order valence-corrected chi connectivity index (χ2v) is 7.30. The molecule has 0 aliphatic carbocycles. The molecule has 1 saturated heterocycles. The van der Waals surface area contributed by atoms with Crippen LogP contribution in [0, 0.1) is 6.92 Å². The minimum absolute atomic E-state index is 0.313. The molecule has 2 aromatic carbocycles. The van der Waals surface area contributed by atoms with Gasteiger partial charge in [-0.3, -0.25) is 4.99 Å². The molecule has 0 radical (unpaired) electrons. The van der Waals surface area contributed by atoms with Crippen molar-refractivity contribution in [2.24, 2.45) is 4.99 Å². The van der Waals surface area contributed by atoms with Crippen LogP contribution in [0.5, 0.6) is 5.75 Å². The molecule has 1 unspecified atom stereocenters. The number of aliphatic imine (C=N–C) groups is 1. The molecule has 29 heavy (non-hydrogen) atoms. The molecule has 0 saturated carbocycles. The zero-order valence-corrected chi connectivity index (χ0v) is 17.6. The van der Waals surface area contributed by atoms with E-state index in [0.29, 0.717) is 6.54 Å². The highest BCUT2D eigenvalue weighted by molar-refractivity contribution is 5.80. The lowest BCUT2D eigenvalue weighted by atomic mass is 10.1. The van der Waals surface area contributed by atoms with Crippen molar-refractivity contribution in [1.82, 2.24) is 10.2 Å². The number of aliphatic hydroxyl groups excluding tert-OH is 1. The van der Waals surface area contributed by atoms with Crippen molar-refractivity contribution in [3.8, 4) is 5.75 Å². The minimum Gasteiger partial charge on any atom is -0.497 e. The zero-order valence-electron chi connectivity index (χ0n) is 17.6. The molecular formula is C23H32N4O2. The van der Waals surface area contributed by atoms with Crippen LogP contribution in [0.4, 0.5) is 5.69 Å². The van der Waals surface area contributed by atoms with Crippen molar-refractivity contribution in [1.29, 1.82) is 0 Å². The van der Waals surface area contributed by atoms with Crippen molar-refractivity contribution in [2.75, 3.05) is 51.3 Å². The van der Waals surface area contributed by atoms with Crippen molar-refractivity contribution in [3.63, 3.8) is 0 Å². The fraction of sp³-hybridized carbons (Fsp3) is 0.435. The van der Waals surface area contributed by atoms with Crippen molar-refractivity contribution in [2.45, 2.75) is 20.0 Å². The second-order valence-electron chi connectivity index (χ2n) is 7.30. The molecular weight excluding hydrogens is 364 g/mol. The number of aryl methyl sites for hydroxylation is 1. The summed E-state index contributed by atoms with van der Waals surface area (Å²) in [6.45, 7) is 9.00. The Morgan fingerprint density at radius 3 is 2.59 bits per heavy atom. The van der Waals surface area contributed by atoms with E-state index in [0.717, 1.165) is 50.0 Å². The third-order valence-electron chi connectivity index (χ3n) is 5.17. The average Bonchev–Trinajstić information content (AvgIpc) is 2.76. The summed E-state index contributed by atoms with van der Waals surface area (Å²) < 4.78 is 5.25. The summed E-state index contributed by atoms with van der Waals surface area (Å²) >= 11 is 0. The van der Waals surface area contributed by atoms with Crippen LogP contribution in [0.15, 0.2) is 53.5 Å². The molecule has 1 atom stereocenters. The molecule has 6 nitrogen and oxygen atoms in total. The predicted molar refractivity (Wildman–Crippen MR) is 119 cm³/mol. The van der Waals surface area contributed by atoms with Crippen molar-refractivity contribution < 1.29 is 9.84 Å². The fourth-order valence-corrected chi connectivity index (χ4v) is 3.55. The number of rotatable bonds is 6. The first-order chi connectivity index (χ1) is 14.1. The van der Waals surface area contributed by atoms with Crippen LogP contribution < -0.4 is 15.0 Å². The van der Waals surface area contributed by atoms with E-state index in [1.165, 1.54) is 11.3 Å². The normalized spacial score (nSPS) is 15.9. The summed E-state index contributed by atoms with van der Waals surface area (Å²) in [5, 5.41) is 13.9. The Hall–Kier alpha value is -2.73. The molecule has 156 valence electrons. The summed E-state index contributed by atoms with van der Waals surface area (Å²) in [5.74, 6) is 1.60. The van der Waals surface area contributed by atoms with Gasteiger partial charge in [0.25, 0.3) is 0 Å². The van der Waals surface area contributed by atoms with Gasteiger partial charge in [0.1, 0.15) is 5.75 Å². The Balaban J connectivity index is 1.62. The molecule has 1 aliphatic heterocycles. The zero-order chi connectivity index (χ0) is 20.6. The lowest BCUT2D eigenvalue weighted by molar-refractivity contribution is 0.186. The maximum absolute atomic E-state index is 10.6. The SMILES string of the molecule is CCNC(=NCC(O)c1cccc(OC)c1)N1CCN(c2cccc(C)c2)CC1. The number of piperazine rings is 1. The molecule has 0 spiro atoms. The number of aliphatic hydroxyl groups is 1. The Labute approximate surface area is 173 Å². The summed E-state index contributed by atoms with van der Waals surface area (Å²) in [7, 11) is 1.63. The van der Waals surface area contributed by atoms with E-state index in [4.69, 9.17) is 9.73 Å². The number of nitrogens with one attached hydrogen (secondary N) is 1. The summed E-state index contributed by atoms with van der Waals surface area (Å²) in [4.78, 5) is 9.39. The van der Waals surface area contributed by atoms with Crippen LogP contribution in [0.3, 0.4) is 0 Å². The van der Waals surface area contributed by atoms with Gasteiger partial charge >= 0.3 is 0 Å².